The average molecular weight is 223 g/mol. The number of nitrogens with zero attached hydrogens (tertiary/aromatic N) is 2. The van der Waals surface area contributed by atoms with E-state index in [4.69, 9.17) is 12.2 Å². The van der Waals surface area contributed by atoms with Crippen molar-refractivity contribution < 1.29 is 0 Å². The maximum atomic E-state index is 5.18. The van der Waals surface area contributed by atoms with Crippen molar-refractivity contribution in [3.8, 4) is 0 Å². The molecule has 15 heavy (non-hydrogen) atoms. The maximum Gasteiger partial charge on any atom is 0.204 e. The first kappa shape index (κ1) is 10.6. The average Bonchev–Trinajstić information content (AvgIpc) is 2.70. The van der Waals surface area contributed by atoms with E-state index in [1.54, 1.807) is 0 Å². The van der Waals surface area contributed by atoms with E-state index < -0.39 is 0 Å². The Labute approximate surface area is 95.5 Å². The molecule has 1 N–H and O–H groups in total. The van der Waals surface area contributed by atoms with Gasteiger partial charge in [-0.3, -0.25) is 0 Å². The van der Waals surface area contributed by atoms with Gasteiger partial charge in [-0.2, -0.15) is 0 Å². The normalized spacial score (nSPS) is 15.9. The molecule has 0 aliphatic carbocycles. The lowest BCUT2D eigenvalue weighted by Crippen LogP contribution is -2.21. The fourth-order valence-corrected chi connectivity index (χ4v) is 2.20. The van der Waals surface area contributed by atoms with Crippen LogP contribution in [0.25, 0.3) is 0 Å². The largest absolute Gasteiger partial charge is 0.342 e. The number of aromatic amines is 1. The number of rotatable bonds is 3. The maximum absolute atomic E-state index is 5.18. The fraction of sp³-hybridized carbons (Fsp3) is 0.636. The highest BCUT2D eigenvalue weighted by Crippen LogP contribution is 2.16. The molecule has 0 amide bonds. The molecule has 2 heterocycles. The van der Waals surface area contributed by atoms with Gasteiger partial charge in [0.05, 0.1) is 0 Å². The van der Waals surface area contributed by atoms with Crippen molar-refractivity contribution in [3.05, 3.63) is 16.4 Å². The van der Waals surface area contributed by atoms with Crippen LogP contribution in [-0.4, -0.2) is 23.1 Å². The van der Waals surface area contributed by atoms with Gasteiger partial charge in [0.15, 0.2) is 0 Å². The molecule has 0 radical (unpaired) electrons. The third-order valence-electron chi connectivity index (χ3n) is 2.71. The molecule has 0 unspecified atom stereocenters. The van der Waals surface area contributed by atoms with Crippen molar-refractivity contribution in [2.45, 2.75) is 32.6 Å². The number of anilines is 1. The van der Waals surface area contributed by atoms with E-state index in [1.807, 2.05) is 6.07 Å². The van der Waals surface area contributed by atoms with Crippen LogP contribution in [0.5, 0.6) is 0 Å². The summed E-state index contributed by atoms with van der Waals surface area (Å²) < 4.78 is 0.708. The summed E-state index contributed by atoms with van der Waals surface area (Å²) in [6.07, 6.45) is 4.71. The van der Waals surface area contributed by atoms with Gasteiger partial charge >= 0.3 is 0 Å². The lowest BCUT2D eigenvalue weighted by molar-refractivity contribution is 0.835. The molecule has 82 valence electrons. The molecule has 0 spiro atoms. The van der Waals surface area contributed by atoms with Crippen LogP contribution in [-0.2, 0) is 6.42 Å². The highest BCUT2D eigenvalue weighted by molar-refractivity contribution is 7.71. The van der Waals surface area contributed by atoms with E-state index in [-0.39, 0.29) is 0 Å². The van der Waals surface area contributed by atoms with Gasteiger partial charge in [-0.15, -0.1) is 0 Å². The van der Waals surface area contributed by atoms with E-state index in [0.717, 1.165) is 31.9 Å². The molecule has 0 bridgehead atoms. The highest BCUT2D eigenvalue weighted by atomic mass is 32.1. The Bertz CT molecular complexity index is 380. The lowest BCUT2D eigenvalue weighted by atomic mass is 10.2. The molecule has 3 nitrogen and oxygen atoms in total. The second kappa shape index (κ2) is 4.75. The summed E-state index contributed by atoms with van der Waals surface area (Å²) in [6, 6.07) is 1.97. The minimum absolute atomic E-state index is 0.708. The van der Waals surface area contributed by atoms with Gasteiger partial charge in [-0.05, 0) is 25.3 Å². The van der Waals surface area contributed by atoms with Gasteiger partial charge < -0.3 is 9.88 Å². The Kier molecular flexibility index (Phi) is 3.36. The summed E-state index contributed by atoms with van der Waals surface area (Å²) in [4.78, 5) is 10.0. The van der Waals surface area contributed by atoms with Crippen LogP contribution in [0.3, 0.4) is 0 Å². The van der Waals surface area contributed by atoms with E-state index in [1.165, 1.54) is 18.5 Å². The zero-order valence-corrected chi connectivity index (χ0v) is 9.94. The predicted octanol–water partition coefficient (Wildman–Crippen LogP) is 2.69. The molecule has 1 aromatic heterocycles. The van der Waals surface area contributed by atoms with E-state index in [2.05, 4.69) is 21.8 Å². The first-order chi connectivity index (χ1) is 7.29. The van der Waals surface area contributed by atoms with Crippen molar-refractivity contribution in [2.75, 3.05) is 18.0 Å². The van der Waals surface area contributed by atoms with E-state index >= 15 is 0 Å². The summed E-state index contributed by atoms with van der Waals surface area (Å²) in [5, 5.41) is 0. The third-order valence-corrected chi connectivity index (χ3v) is 2.92. The quantitative estimate of drug-likeness (QED) is 0.800. The van der Waals surface area contributed by atoms with Gasteiger partial charge in [-0.25, -0.2) is 4.98 Å². The third kappa shape index (κ3) is 2.56. The van der Waals surface area contributed by atoms with Crippen molar-refractivity contribution in [3.63, 3.8) is 0 Å². The molecule has 1 fully saturated rings. The zero-order valence-electron chi connectivity index (χ0n) is 9.12. The molecule has 1 saturated heterocycles. The minimum atomic E-state index is 0.708. The molecule has 0 atom stereocenters. The summed E-state index contributed by atoms with van der Waals surface area (Å²) in [5.74, 6) is 0.962. The number of nitrogens with one attached hydrogen (secondary N) is 1. The number of hydrogen-bond donors (Lipinski definition) is 1. The Morgan fingerprint density at radius 1 is 1.47 bits per heavy atom. The van der Waals surface area contributed by atoms with Crippen LogP contribution in [0.2, 0.25) is 0 Å². The van der Waals surface area contributed by atoms with Gasteiger partial charge in [0.25, 0.3) is 0 Å². The number of aromatic nitrogens is 2. The van der Waals surface area contributed by atoms with Crippen molar-refractivity contribution in [1.82, 2.24) is 9.97 Å². The second-order valence-electron chi connectivity index (χ2n) is 4.01. The minimum Gasteiger partial charge on any atom is -0.342 e. The number of hydrogen-bond acceptors (Lipinski definition) is 3. The van der Waals surface area contributed by atoms with Gasteiger partial charge in [0, 0.05) is 18.8 Å². The van der Waals surface area contributed by atoms with Crippen molar-refractivity contribution in [2.24, 2.45) is 0 Å². The lowest BCUT2D eigenvalue weighted by Gasteiger charge is -2.16. The fourth-order valence-electron chi connectivity index (χ4n) is 1.98. The highest BCUT2D eigenvalue weighted by Gasteiger charge is 2.14. The molecule has 0 aromatic carbocycles. The Hall–Kier alpha value is -0.900. The SMILES string of the molecule is CCCc1cc(=S)nc(N2CCCC2)[nH]1. The smallest absolute Gasteiger partial charge is 0.204 e. The number of H-pyrrole nitrogens is 1. The van der Waals surface area contributed by atoms with Crippen LogP contribution in [0.1, 0.15) is 31.9 Å². The number of aryl methyl sites for hydroxylation is 1. The molecule has 0 saturated carbocycles. The molecule has 1 aliphatic heterocycles. The van der Waals surface area contributed by atoms with Crippen LogP contribution in [0.15, 0.2) is 6.07 Å². The van der Waals surface area contributed by atoms with E-state index in [9.17, 15) is 0 Å². The molecule has 4 heteroatoms. The second-order valence-corrected chi connectivity index (χ2v) is 4.43. The standard InChI is InChI=1S/C11H17N3S/c1-2-5-9-8-10(15)13-11(12-9)14-6-3-4-7-14/h8H,2-7H2,1H3,(H,12,13,15). The van der Waals surface area contributed by atoms with Crippen molar-refractivity contribution >= 4 is 18.2 Å². The summed E-state index contributed by atoms with van der Waals surface area (Å²) >= 11 is 5.18. The first-order valence-electron chi connectivity index (χ1n) is 5.65. The topological polar surface area (TPSA) is 31.9 Å². The van der Waals surface area contributed by atoms with Crippen LogP contribution >= 0.6 is 12.2 Å². The molecule has 1 aliphatic rings. The van der Waals surface area contributed by atoms with Gasteiger partial charge in [0.1, 0.15) is 4.64 Å². The molecular formula is C11H17N3S. The predicted molar refractivity (Wildman–Crippen MR) is 64.9 cm³/mol. The molecule has 2 rings (SSSR count). The Morgan fingerprint density at radius 3 is 2.87 bits per heavy atom. The summed E-state index contributed by atoms with van der Waals surface area (Å²) in [7, 11) is 0. The van der Waals surface area contributed by atoms with Crippen molar-refractivity contribution in [1.29, 1.82) is 0 Å². The zero-order chi connectivity index (χ0) is 10.7. The van der Waals surface area contributed by atoms with Gasteiger partial charge in [-0.1, -0.05) is 25.6 Å². The summed E-state index contributed by atoms with van der Waals surface area (Å²) in [6.45, 7) is 4.38. The summed E-state index contributed by atoms with van der Waals surface area (Å²) in [5.41, 5.74) is 1.21. The van der Waals surface area contributed by atoms with Crippen LogP contribution in [0, 0.1) is 4.64 Å². The molecular weight excluding hydrogens is 206 g/mol. The monoisotopic (exact) mass is 223 g/mol. The van der Waals surface area contributed by atoms with Crippen LogP contribution in [0.4, 0.5) is 5.95 Å². The molecule has 1 aromatic rings. The van der Waals surface area contributed by atoms with Gasteiger partial charge in [0.2, 0.25) is 5.95 Å². The Balaban J connectivity index is 2.26. The van der Waals surface area contributed by atoms with Crippen LogP contribution < -0.4 is 4.90 Å². The first-order valence-corrected chi connectivity index (χ1v) is 6.05. The van der Waals surface area contributed by atoms with E-state index in [0.29, 0.717) is 4.64 Å². The Morgan fingerprint density at radius 2 is 2.20 bits per heavy atom.